The van der Waals surface area contributed by atoms with Crippen molar-refractivity contribution in [2.24, 2.45) is 0 Å². The molecule has 0 spiro atoms. The van der Waals surface area contributed by atoms with Gasteiger partial charge in [-0.05, 0) is 30.3 Å². The molecule has 0 radical (unpaired) electrons. The second-order valence-corrected chi connectivity index (χ2v) is 5.09. The van der Waals surface area contributed by atoms with E-state index >= 15 is 0 Å². The molecule has 114 valence electrons. The van der Waals surface area contributed by atoms with E-state index in [-0.39, 0.29) is 6.03 Å². The number of hydrogen-bond acceptors (Lipinski definition) is 4. The van der Waals surface area contributed by atoms with Crippen LogP contribution in [-0.4, -0.2) is 43.2 Å². The standard InChI is InChI=1S/C16H18N4O2/c1-19-9-10-20(16(19)21)13-6-3-5-12(11-13)18-15-14(22-2)7-4-8-17-15/h3-8,11H,9-10H2,1-2H3,(H,17,18). The molecule has 1 aliphatic heterocycles. The largest absolute Gasteiger partial charge is 0.493 e. The number of methoxy groups -OCH3 is 1. The van der Waals surface area contributed by atoms with Gasteiger partial charge in [-0.25, -0.2) is 9.78 Å². The van der Waals surface area contributed by atoms with Crippen molar-refractivity contribution >= 4 is 23.2 Å². The van der Waals surface area contributed by atoms with Crippen LogP contribution in [0.25, 0.3) is 0 Å². The van der Waals surface area contributed by atoms with E-state index in [0.717, 1.165) is 17.9 Å². The van der Waals surface area contributed by atoms with Crippen LogP contribution in [0.4, 0.5) is 22.0 Å². The summed E-state index contributed by atoms with van der Waals surface area (Å²) in [6.07, 6.45) is 1.70. The van der Waals surface area contributed by atoms with Gasteiger partial charge >= 0.3 is 6.03 Å². The second kappa shape index (κ2) is 5.93. The fourth-order valence-corrected chi connectivity index (χ4v) is 2.42. The van der Waals surface area contributed by atoms with Crippen LogP contribution in [0.15, 0.2) is 42.6 Å². The molecule has 6 nitrogen and oxygen atoms in total. The van der Waals surface area contributed by atoms with Gasteiger partial charge in [-0.1, -0.05) is 6.07 Å². The monoisotopic (exact) mass is 298 g/mol. The maximum Gasteiger partial charge on any atom is 0.324 e. The molecule has 0 atom stereocenters. The normalized spacial score (nSPS) is 14.4. The number of anilines is 3. The van der Waals surface area contributed by atoms with E-state index in [0.29, 0.717) is 18.1 Å². The summed E-state index contributed by atoms with van der Waals surface area (Å²) in [5, 5.41) is 3.23. The summed E-state index contributed by atoms with van der Waals surface area (Å²) >= 11 is 0. The second-order valence-electron chi connectivity index (χ2n) is 5.09. The topological polar surface area (TPSA) is 57.7 Å². The third-order valence-corrected chi connectivity index (χ3v) is 3.63. The molecule has 2 amide bonds. The lowest BCUT2D eigenvalue weighted by molar-refractivity contribution is 0.229. The number of rotatable bonds is 4. The first-order valence-electron chi connectivity index (χ1n) is 7.08. The number of aromatic nitrogens is 1. The number of pyridine rings is 1. The average Bonchev–Trinajstić information content (AvgIpc) is 2.88. The van der Waals surface area contributed by atoms with Crippen LogP contribution in [0.3, 0.4) is 0 Å². The number of amides is 2. The summed E-state index contributed by atoms with van der Waals surface area (Å²) in [6, 6.07) is 11.4. The van der Waals surface area contributed by atoms with Crippen molar-refractivity contribution in [2.45, 2.75) is 0 Å². The molecule has 0 aliphatic carbocycles. The summed E-state index contributed by atoms with van der Waals surface area (Å²) in [6.45, 7) is 1.44. The van der Waals surface area contributed by atoms with E-state index in [9.17, 15) is 4.79 Å². The summed E-state index contributed by atoms with van der Waals surface area (Å²) in [5.74, 6) is 1.32. The predicted molar refractivity (Wildman–Crippen MR) is 85.9 cm³/mol. The molecule has 6 heteroatoms. The Balaban J connectivity index is 1.84. The van der Waals surface area contributed by atoms with E-state index in [4.69, 9.17) is 4.74 Å². The Morgan fingerprint density at radius 3 is 2.82 bits per heavy atom. The highest BCUT2D eigenvalue weighted by molar-refractivity contribution is 5.94. The van der Waals surface area contributed by atoms with Crippen molar-refractivity contribution in [1.82, 2.24) is 9.88 Å². The summed E-state index contributed by atoms with van der Waals surface area (Å²) < 4.78 is 5.28. The van der Waals surface area contributed by atoms with Gasteiger partial charge in [0.15, 0.2) is 11.6 Å². The Labute approximate surface area is 129 Å². The first-order valence-corrected chi connectivity index (χ1v) is 7.08. The third-order valence-electron chi connectivity index (χ3n) is 3.63. The van der Waals surface area contributed by atoms with Gasteiger partial charge < -0.3 is 15.0 Å². The van der Waals surface area contributed by atoms with Crippen molar-refractivity contribution in [2.75, 3.05) is 37.5 Å². The van der Waals surface area contributed by atoms with Gasteiger partial charge in [-0.2, -0.15) is 0 Å². The van der Waals surface area contributed by atoms with E-state index in [2.05, 4.69) is 10.3 Å². The molecule has 1 aromatic heterocycles. The smallest absolute Gasteiger partial charge is 0.324 e. The van der Waals surface area contributed by atoms with Crippen molar-refractivity contribution in [3.63, 3.8) is 0 Å². The molecule has 3 rings (SSSR count). The number of nitrogens with zero attached hydrogens (tertiary/aromatic N) is 3. The van der Waals surface area contributed by atoms with Gasteiger partial charge in [0.2, 0.25) is 0 Å². The maximum absolute atomic E-state index is 12.1. The zero-order valence-corrected chi connectivity index (χ0v) is 12.6. The summed E-state index contributed by atoms with van der Waals surface area (Å²) in [7, 11) is 3.42. The fraction of sp³-hybridized carbons (Fsp3) is 0.250. The molecule has 0 bridgehead atoms. The van der Waals surface area contributed by atoms with Crippen molar-refractivity contribution < 1.29 is 9.53 Å². The highest BCUT2D eigenvalue weighted by atomic mass is 16.5. The number of carbonyl (C=O) groups is 1. The zero-order chi connectivity index (χ0) is 15.5. The molecule has 1 saturated heterocycles. The number of urea groups is 1. The fourth-order valence-electron chi connectivity index (χ4n) is 2.42. The molecular weight excluding hydrogens is 280 g/mol. The molecule has 0 saturated carbocycles. The molecular formula is C16H18N4O2. The maximum atomic E-state index is 12.1. The van der Waals surface area contributed by atoms with Crippen molar-refractivity contribution in [3.05, 3.63) is 42.6 Å². The average molecular weight is 298 g/mol. The SMILES string of the molecule is COc1cccnc1Nc1cccc(N2CCN(C)C2=O)c1. The quantitative estimate of drug-likeness (QED) is 0.943. The number of likely N-dealkylation sites (N-methyl/N-ethyl adjacent to an activating group) is 1. The van der Waals surface area contributed by atoms with Crippen LogP contribution in [0.2, 0.25) is 0 Å². The van der Waals surface area contributed by atoms with Crippen LogP contribution in [0, 0.1) is 0 Å². The Bertz CT molecular complexity index is 689. The zero-order valence-electron chi connectivity index (χ0n) is 12.6. The van der Waals surface area contributed by atoms with Gasteiger partial charge in [0.1, 0.15) is 0 Å². The van der Waals surface area contributed by atoms with Crippen molar-refractivity contribution in [3.8, 4) is 5.75 Å². The van der Waals surface area contributed by atoms with Gasteiger partial charge in [0.25, 0.3) is 0 Å². The van der Waals surface area contributed by atoms with E-state index in [1.165, 1.54) is 0 Å². The highest BCUT2D eigenvalue weighted by Gasteiger charge is 2.26. The molecule has 0 unspecified atom stereocenters. The lowest BCUT2D eigenvalue weighted by Crippen LogP contribution is -2.29. The van der Waals surface area contributed by atoms with Gasteiger partial charge in [-0.3, -0.25) is 4.90 Å². The Morgan fingerprint density at radius 2 is 2.09 bits per heavy atom. The molecule has 2 heterocycles. The van der Waals surface area contributed by atoms with Crippen molar-refractivity contribution in [1.29, 1.82) is 0 Å². The number of carbonyl (C=O) groups excluding carboxylic acids is 1. The molecule has 1 aromatic carbocycles. The number of benzene rings is 1. The number of hydrogen-bond donors (Lipinski definition) is 1. The predicted octanol–water partition coefficient (Wildman–Crippen LogP) is 2.71. The molecule has 1 N–H and O–H groups in total. The lowest BCUT2D eigenvalue weighted by Gasteiger charge is -2.17. The van der Waals surface area contributed by atoms with Crippen LogP contribution in [-0.2, 0) is 0 Å². The number of nitrogens with one attached hydrogen (secondary N) is 1. The summed E-state index contributed by atoms with van der Waals surface area (Å²) in [5.41, 5.74) is 1.73. The first-order chi connectivity index (χ1) is 10.7. The minimum Gasteiger partial charge on any atom is -0.493 e. The molecule has 1 fully saturated rings. The highest BCUT2D eigenvalue weighted by Crippen LogP contribution is 2.28. The minimum absolute atomic E-state index is 0.0209. The molecule has 2 aromatic rings. The molecule has 22 heavy (non-hydrogen) atoms. The van der Waals surface area contributed by atoms with E-state index < -0.39 is 0 Å². The van der Waals surface area contributed by atoms with Crippen LogP contribution >= 0.6 is 0 Å². The Morgan fingerprint density at radius 1 is 1.23 bits per heavy atom. The van der Waals surface area contributed by atoms with Gasteiger partial charge in [0.05, 0.1) is 7.11 Å². The Kier molecular flexibility index (Phi) is 3.82. The number of ether oxygens (including phenoxy) is 1. The van der Waals surface area contributed by atoms with E-state index in [1.54, 1.807) is 23.1 Å². The van der Waals surface area contributed by atoms with Gasteiger partial charge in [-0.15, -0.1) is 0 Å². The first kappa shape index (κ1) is 14.2. The lowest BCUT2D eigenvalue weighted by atomic mass is 10.2. The van der Waals surface area contributed by atoms with E-state index in [1.807, 2.05) is 43.4 Å². The van der Waals surface area contributed by atoms with Crippen LogP contribution < -0.4 is 15.0 Å². The van der Waals surface area contributed by atoms with Gasteiger partial charge in [0, 0.05) is 37.7 Å². The van der Waals surface area contributed by atoms with Crippen LogP contribution in [0.5, 0.6) is 5.75 Å². The van der Waals surface area contributed by atoms with Crippen LogP contribution in [0.1, 0.15) is 0 Å². The third kappa shape index (κ3) is 2.67. The summed E-state index contributed by atoms with van der Waals surface area (Å²) in [4.78, 5) is 19.8. The Hall–Kier alpha value is -2.76. The minimum atomic E-state index is 0.0209. The molecule has 1 aliphatic rings.